The molecule has 0 N–H and O–H groups in total. The molecule has 0 aliphatic carbocycles. The van der Waals surface area contributed by atoms with Gasteiger partial charge in [-0.05, 0) is 18.1 Å². The van der Waals surface area contributed by atoms with Crippen LogP contribution in [0, 0.1) is 0 Å². The van der Waals surface area contributed by atoms with Gasteiger partial charge in [-0.25, -0.2) is 0 Å². The van der Waals surface area contributed by atoms with Crippen LogP contribution in [0.3, 0.4) is 0 Å². The summed E-state index contributed by atoms with van der Waals surface area (Å²) in [6, 6.07) is 10.1. The van der Waals surface area contributed by atoms with Gasteiger partial charge in [0.1, 0.15) is 0 Å². The monoisotopic (exact) mass is 152 g/mol. The molecular formula is C9H9Cl. The van der Waals surface area contributed by atoms with Crippen LogP contribution in [-0.4, -0.2) is 0 Å². The fourth-order valence-electron chi connectivity index (χ4n) is 0.764. The van der Waals surface area contributed by atoms with E-state index in [1.165, 1.54) is 5.56 Å². The van der Waals surface area contributed by atoms with Crippen molar-refractivity contribution < 1.29 is 0 Å². The molecule has 1 rings (SSSR count). The van der Waals surface area contributed by atoms with Crippen molar-refractivity contribution in [2.24, 2.45) is 0 Å². The van der Waals surface area contributed by atoms with Gasteiger partial charge in [0.2, 0.25) is 0 Å². The maximum absolute atomic E-state index is 5.52. The van der Waals surface area contributed by atoms with Crippen LogP contribution >= 0.6 is 11.6 Å². The highest BCUT2D eigenvalue weighted by molar-refractivity contribution is 6.28. The molecule has 0 saturated carbocycles. The first-order chi connectivity index (χ1) is 4.84. The topological polar surface area (TPSA) is 0 Å². The van der Waals surface area contributed by atoms with Gasteiger partial charge in [0.25, 0.3) is 0 Å². The predicted molar refractivity (Wildman–Crippen MR) is 45.9 cm³/mol. The number of rotatable bonds is 1. The van der Waals surface area contributed by atoms with Crippen LogP contribution < -0.4 is 0 Å². The molecule has 0 aromatic heterocycles. The van der Waals surface area contributed by atoms with Gasteiger partial charge in [0.05, 0.1) is 0 Å². The molecular weight excluding hydrogens is 144 g/mol. The van der Waals surface area contributed by atoms with Gasteiger partial charge >= 0.3 is 0 Å². The van der Waals surface area contributed by atoms with E-state index in [0.29, 0.717) is 0 Å². The quantitative estimate of drug-likeness (QED) is 0.580. The number of hydrogen-bond acceptors (Lipinski definition) is 0. The lowest BCUT2D eigenvalue weighted by molar-refractivity contribution is 1.58. The Hall–Kier alpha value is -0.750. The van der Waals surface area contributed by atoms with Crippen molar-refractivity contribution in [1.82, 2.24) is 0 Å². The Morgan fingerprint density at radius 2 is 1.90 bits per heavy atom. The maximum Gasteiger partial charge on any atom is 0.00777 e. The second kappa shape index (κ2) is 3.43. The van der Waals surface area contributed by atoms with Gasteiger partial charge in [-0.3, -0.25) is 0 Å². The van der Waals surface area contributed by atoms with E-state index in [2.05, 4.69) is 0 Å². The summed E-state index contributed by atoms with van der Waals surface area (Å²) < 4.78 is 0. The van der Waals surface area contributed by atoms with Crippen LogP contribution in [0.5, 0.6) is 0 Å². The average Bonchev–Trinajstić information content (AvgIpc) is 2.05. The number of hydrogen-bond donors (Lipinski definition) is 0. The summed E-state index contributed by atoms with van der Waals surface area (Å²) >= 11 is 5.52. The van der Waals surface area contributed by atoms with Gasteiger partial charge < -0.3 is 0 Å². The van der Waals surface area contributed by atoms with E-state index in [4.69, 9.17) is 11.6 Å². The third-order valence-corrected chi connectivity index (χ3v) is 1.72. The molecule has 0 radical (unpaired) electrons. The van der Waals surface area contributed by atoms with Crippen LogP contribution in [0.15, 0.2) is 35.9 Å². The van der Waals surface area contributed by atoms with Crippen LogP contribution in [-0.2, 0) is 0 Å². The molecule has 0 heterocycles. The highest BCUT2D eigenvalue weighted by Gasteiger charge is 1.89. The van der Waals surface area contributed by atoms with Crippen molar-refractivity contribution in [2.75, 3.05) is 0 Å². The molecule has 0 spiro atoms. The van der Waals surface area contributed by atoms with Crippen molar-refractivity contribution >= 4 is 17.2 Å². The second-order valence-electron chi connectivity index (χ2n) is 2.16. The Morgan fingerprint density at radius 1 is 1.30 bits per heavy atom. The lowest BCUT2D eigenvalue weighted by Crippen LogP contribution is -1.74. The van der Waals surface area contributed by atoms with Crippen molar-refractivity contribution in [3.8, 4) is 0 Å². The van der Waals surface area contributed by atoms with Crippen LogP contribution in [0.25, 0.3) is 5.57 Å². The van der Waals surface area contributed by atoms with E-state index >= 15 is 0 Å². The smallest absolute Gasteiger partial charge is 0.00777 e. The lowest BCUT2D eigenvalue weighted by atomic mass is 10.1. The van der Waals surface area contributed by atoms with Gasteiger partial charge in [-0.15, -0.1) is 0 Å². The van der Waals surface area contributed by atoms with Crippen LogP contribution in [0.2, 0.25) is 0 Å². The summed E-state index contributed by atoms with van der Waals surface area (Å²) in [7, 11) is 0. The summed E-state index contributed by atoms with van der Waals surface area (Å²) in [4.78, 5) is 0. The first-order valence-corrected chi connectivity index (χ1v) is 3.60. The van der Waals surface area contributed by atoms with Crippen LogP contribution in [0.1, 0.15) is 12.5 Å². The van der Waals surface area contributed by atoms with Gasteiger partial charge in [0.15, 0.2) is 0 Å². The molecule has 0 aliphatic rings. The minimum Gasteiger partial charge on any atom is -0.0926 e. The molecule has 0 fully saturated rings. The summed E-state index contributed by atoms with van der Waals surface area (Å²) in [6.45, 7) is 1.99. The first kappa shape index (κ1) is 7.36. The normalized spacial score (nSPS) is 11.6. The minimum atomic E-state index is 1.10. The Morgan fingerprint density at radius 3 is 2.40 bits per heavy atom. The highest BCUT2D eigenvalue weighted by atomic mass is 35.5. The molecule has 1 heteroatoms. The maximum atomic E-state index is 5.52. The SMILES string of the molecule is CC(=CCl)c1ccccc1. The standard InChI is InChI=1S/C9H9Cl/c1-8(7-10)9-5-3-2-4-6-9/h2-7H,1H3. The Bertz CT molecular complexity index is 224. The second-order valence-corrected chi connectivity index (χ2v) is 2.38. The van der Waals surface area contributed by atoms with E-state index in [-0.39, 0.29) is 0 Å². The Labute approximate surface area is 66.1 Å². The van der Waals surface area contributed by atoms with Gasteiger partial charge in [-0.2, -0.15) is 0 Å². The van der Waals surface area contributed by atoms with Crippen molar-refractivity contribution in [3.63, 3.8) is 0 Å². The van der Waals surface area contributed by atoms with Crippen molar-refractivity contribution in [3.05, 3.63) is 41.4 Å². The molecule has 52 valence electrons. The van der Waals surface area contributed by atoms with Crippen molar-refractivity contribution in [2.45, 2.75) is 6.92 Å². The molecule has 0 amide bonds. The number of benzene rings is 1. The van der Waals surface area contributed by atoms with E-state index < -0.39 is 0 Å². The summed E-state index contributed by atoms with van der Waals surface area (Å²) in [5.74, 6) is 0. The molecule has 10 heavy (non-hydrogen) atoms. The molecule has 0 unspecified atom stereocenters. The predicted octanol–water partition coefficient (Wildman–Crippen LogP) is 3.29. The fraction of sp³-hybridized carbons (Fsp3) is 0.111. The van der Waals surface area contributed by atoms with E-state index in [1.54, 1.807) is 5.54 Å². The fourth-order valence-corrected chi connectivity index (χ4v) is 0.890. The number of allylic oxidation sites excluding steroid dienone is 1. The first-order valence-electron chi connectivity index (χ1n) is 3.17. The Balaban J connectivity index is 2.96. The molecule has 1 aromatic carbocycles. The van der Waals surface area contributed by atoms with E-state index in [9.17, 15) is 0 Å². The zero-order chi connectivity index (χ0) is 7.40. The summed E-state index contributed by atoms with van der Waals surface area (Å²) in [5, 5.41) is 0. The van der Waals surface area contributed by atoms with Gasteiger partial charge in [0, 0.05) is 5.54 Å². The van der Waals surface area contributed by atoms with E-state index in [1.807, 2.05) is 37.3 Å². The van der Waals surface area contributed by atoms with Crippen molar-refractivity contribution in [1.29, 1.82) is 0 Å². The lowest BCUT2D eigenvalue weighted by Gasteiger charge is -1.96. The molecule has 1 aromatic rings. The highest BCUT2D eigenvalue weighted by Crippen LogP contribution is 2.12. The Kier molecular flexibility index (Phi) is 2.52. The molecule has 0 saturated heterocycles. The third-order valence-electron chi connectivity index (χ3n) is 1.39. The zero-order valence-corrected chi connectivity index (χ0v) is 6.60. The molecule has 0 atom stereocenters. The molecule has 0 bridgehead atoms. The minimum absolute atomic E-state index is 1.10. The average molecular weight is 153 g/mol. The van der Waals surface area contributed by atoms with Crippen LogP contribution in [0.4, 0.5) is 0 Å². The molecule has 0 aliphatic heterocycles. The summed E-state index contributed by atoms with van der Waals surface area (Å²) in [6.07, 6.45) is 0. The summed E-state index contributed by atoms with van der Waals surface area (Å²) in [5.41, 5.74) is 3.87. The number of halogens is 1. The van der Waals surface area contributed by atoms with Gasteiger partial charge in [-0.1, -0.05) is 41.9 Å². The zero-order valence-electron chi connectivity index (χ0n) is 5.84. The largest absolute Gasteiger partial charge is 0.0926 e. The van der Waals surface area contributed by atoms with E-state index in [0.717, 1.165) is 5.57 Å². The third kappa shape index (κ3) is 1.61. The molecule has 0 nitrogen and oxygen atoms in total.